The lowest BCUT2D eigenvalue weighted by atomic mass is 10.1. The molecule has 1 amide bonds. The highest BCUT2D eigenvalue weighted by molar-refractivity contribution is 14.1. The zero-order valence-corrected chi connectivity index (χ0v) is 23.6. The third kappa shape index (κ3) is 6.54. The van der Waals surface area contributed by atoms with Crippen LogP contribution >= 0.6 is 34.4 Å². The molecule has 0 atom stereocenters. The first-order valence-electron chi connectivity index (χ1n) is 11.8. The molecule has 1 saturated heterocycles. The first-order valence-corrected chi connectivity index (χ1v) is 13.7. The zero-order chi connectivity index (χ0) is 27.2. The van der Waals surface area contributed by atoms with Crippen LogP contribution < -0.4 is 9.47 Å². The van der Waals surface area contributed by atoms with Gasteiger partial charge < -0.3 is 14.6 Å². The monoisotopic (exact) mass is 646 g/mol. The quantitative estimate of drug-likeness (QED) is 0.205. The molecule has 0 saturated carbocycles. The maximum Gasteiger partial charge on any atom is 0.335 e. The standard InChI is InChI=1S/C28H24FIN2O5S/c1-3-32-26(33)24(38-28(32)31-21-7-5-6-19(15-21)27(34)35)14-18-12-22(30)25(23(13-18)36-4-2)37-16-17-8-10-20(29)11-9-17/h5-15H,3-4,16H2,1-2H3,(H,34,35)/b24-14-,31-28?. The second-order valence-corrected chi connectivity index (χ2v) is 10.3. The third-order valence-corrected chi connectivity index (χ3v) is 7.26. The van der Waals surface area contributed by atoms with Crippen molar-refractivity contribution < 1.29 is 28.6 Å². The van der Waals surface area contributed by atoms with E-state index >= 15 is 0 Å². The van der Waals surface area contributed by atoms with Crippen molar-refractivity contribution in [1.82, 2.24) is 4.90 Å². The van der Waals surface area contributed by atoms with Crippen molar-refractivity contribution in [2.75, 3.05) is 13.2 Å². The van der Waals surface area contributed by atoms with Crippen molar-refractivity contribution in [3.63, 3.8) is 0 Å². The molecule has 0 bridgehead atoms. The molecule has 4 rings (SSSR count). The number of ether oxygens (including phenoxy) is 2. The fourth-order valence-corrected chi connectivity index (χ4v) is 5.49. The van der Waals surface area contributed by atoms with E-state index in [1.807, 2.05) is 26.0 Å². The van der Waals surface area contributed by atoms with Crippen LogP contribution in [0.2, 0.25) is 0 Å². The van der Waals surface area contributed by atoms with Crippen LogP contribution in [0.5, 0.6) is 11.5 Å². The Labute approximate surface area is 237 Å². The number of carbonyl (C=O) groups is 2. The van der Waals surface area contributed by atoms with Crippen LogP contribution in [0.25, 0.3) is 6.08 Å². The number of likely N-dealkylation sites (N-methyl/N-ethyl adjacent to an activating group) is 1. The summed E-state index contributed by atoms with van der Waals surface area (Å²) < 4.78 is 25.9. The van der Waals surface area contributed by atoms with Gasteiger partial charge in [0.2, 0.25) is 0 Å². The van der Waals surface area contributed by atoms with Gasteiger partial charge in [0.25, 0.3) is 5.91 Å². The van der Waals surface area contributed by atoms with Crippen molar-refractivity contribution in [3.05, 3.63) is 91.6 Å². The largest absolute Gasteiger partial charge is 0.490 e. The van der Waals surface area contributed by atoms with Gasteiger partial charge in [0.05, 0.1) is 26.3 Å². The maximum atomic E-state index is 13.2. The summed E-state index contributed by atoms with van der Waals surface area (Å²) in [6.07, 6.45) is 1.78. The summed E-state index contributed by atoms with van der Waals surface area (Å²) in [4.78, 5) is 31.0. The summed E-state index contributed by atoms with van der Waals surface area (Å²) in [6.45, 7) is 4.82. The molecule has 1 aliphatic heterocycles. The van der Waals surface area contributed by atoms with Crippen LogP contribution in [-0.4, -0.2) is 40.2 Å². The minimum Gasteiger partial charge on any atom is -0.490 e. The number of aromatic carboxylic acids is 1. The van der Waals surface area contributed by atoms with E-state index in [4.69, 9.17) is 9.47 Å². The van der Waals surface area contributed by atoms with Crippen LogP contribution in [0.15, 0.2) is 70.6 Å². The maximum absolute atomic E-state index is 13.2. The lowest BCUT2D eigenvalue weighted by Gasteiger charge is -2.15. The summed E-state index contributed by atoms with van der Waals surface area (Å²) in [6, 6.07) is 16.1. The van der Waals surface area contributed by atoms with Crippen molar-refractivity contribution >= 4 is 63.2 Å². The highest BCUT2D eigenvalue weighted by Crippen LogP contribution is 2.38. The normalized spacial score (nSPS) is 15.4. The Morgan fingerprint density at radius 1 is 1.13 bits per heavy atom. The molecular weight excluding hydrogens is 622 g/mol. The topological polar surface area (TPSA) is 88.4 Å². The third-order valence-electron chi connectivity index (χ3n) is 5.45. The molecule has 0 aromatic heterocycles. The van der Waals surface area contributed by atoms with Crippen LogP contribution in [-0.2, 0) is 11.4 Å². The van der Waals surface area contributed by atoms with Crippen molar-refractivity contribution in [3.8, 4) is 11.5 Å². The molecule has 3 aromatic rings. The zero-order valence-electron chi connectivity index (χ0n) is 20.6. The van der Waals surface area contributed by atoms with Gasteiger partial charge in [0.1, 0.15) is 12.4 Å². The van der Waals surface area contributed by atoms with Gasteiger partial charge >= 0.3 is 5.97 Å². The number of thioether (sulfide) groups is 1. The number of halogens is 2. The highest BCUT2D eigenvalue weighted by Gasteiger charge is 2.32. The lowest BCUT2D eigenvalue weighted by Crippen LogP contribution is -2.28. The number of nitrogens with zero attached hydrogens (tertiary/aromatic N) is 2. The molecule has 196 valence electrons. The summed E-state index contributed by atoms with van der Waals surface area (Å²) in [7, 11) is 0. The van der Waals surface area contributed by atoms with Gasteiger partial charge in [-0.3, -0.25) is 9.69 Å². The molecule has 1 N–H and O–H groups in total. The number of carboxylic acids is 1. The van der Waals surface area contributed by atoms with Gasteiger partial charge in [-0.05, 0) is 108 Å². The molecule has 38 heavy (non-hydrogen) atoms. The molecule has 1 aliphatic rings. The highest BCUT2D eigenvalue weighted by atomic mass is 127. The Hall–Kier alpha value is -3.38. The fourth-order valence-electron chi connectivity index (χ4n) is 3.65. The van der Waals surface area contributed by atoms with E-state index in [1.54, 1.807) is 35.2 Å². The van der Waals surface area contributed by atoms with E-state index in [9.17, 15) is 19.1 Å². The van der Waals surface area contributed by atoms with E-state index in [-0.39, 0.29) is 23.9 Å². The smallest absolute Gasteiger partial charge is 0.335 e. The summed E-state index contributed by atoms with van der Waals surface area (Å²) in [5.74, 6) is -0.426. The number of carbonyl (C=O) groups excluding carboxylic acids is 1. The van der Waals surface area contributed by atoms with Gasteiger partial charge in [0, 0.05) is 6.54 Å². The van der Waals surface area contributed by atoms with Gasteiger partial charge in [-0.25, -0.2) is 14.2 Å². The molecule has 0 aliphatic carbocycles. The molecular formula is C28H24FIN2O5S. The molecule has 1 fully saturated rings. The fraction of sp³-hybridized carbons (Fsp3) is 0.179. The number of carboxylic acid groups (broad SMARTS) is 1. The van der Waals surface area contributed by atoms with E-state index < -0.39 is 5.97 Å². The summed E-state index contributed by atoms with van der Waals surface area (Å²) in [5.41, 5.74) is 2.16. The molecule has 0 spiro atoms. The predicted molar refractivity (Wildman–Crippen MR) is 155 cm³/mol. The van der Waals surface area contributed by atoms with Crippen molar-refractivity contribution in [2.24, 2.45) is 4.99 Å². The number of amides is 1. The van der Waals surface area contributed by atoms with E-state index in [0.29, 0.717) is 40.4 Å². The average Bonchev–Trinajstić information content (AvgIpc) is 3.18. The molecule has 0 unspecified atom stereocenters. The number of amidine groups is 1. The van der Waals surface area contributed by atoms with Gasteiger partial charge in [0.15, 0.2) is 16.7 Å². The number of aliphatic imine (C=N–C) groups is 1. The van der Waals surface area contributed by atoms with E-state index in [2.05, 4.69) is 27.6 Å². The first-order chi connectivity index (χ1) is 18.3. The minimum absolute atomic E-state index is 0.125. The van der Waals surface area contributed by atoms with Crippen LogP contribution in [0, 0.1) is 9.39 Å². The number of hydrogen-bond acceptors (Lipinski definition) is 6. The Kier molecular flexibility index (Phi) is 9.05. The summed E-state index contributed by atoms with van der Waals surface area (Å²) >= 11 is 3.39. The van der Waals surface area contributed by atoms with Gasteiger partial charge in [-0.2, -0.15) is 0 Å². The van der Waals surface area contributed by atoms with Gasteiger partial charge in [-0.15, -0.1) is 0 Å². The number of benzene rings is 3. The van der Waals surface area contributed by atoms with Crippen LogP contribution in [0.3, 0.4) is 0 Å². The van der Waals surface area contributed by atoms with Gasteiger partial charge in [-0.1, -0.05) is 18.2 Å². The van der Waals surface area contributed by atoms with Crippen molar-refractivity contribution in [1.29, 1.82) is 0 Å². The first kappa shape index (κ1) is 27.6. The second-order valence-electron chi connectivity index (χ2n) is 8.09. The number of rotatable bonds is 9. The van der Waals surface area contributed by atoms with Crippen LogP contribution in [0.4, 0.5) is 10.1 Å². The predicted octanol–water partition coefficient (Wildman–Crippen LogP) is 6.73. The molecule has 0 radical (unpaired) electrons. The SMILES string of the molecule is CCOc1cc(/C=C2\SC(=Nc3cccc(C(=O)O)c3)N(CC)C2=O)cc(I)c1OCc1ccc(F)cc1. The van der Waals surface area contributed by atoms with Crippen LogP contribution in [0.1, 0.15) is 35.3 Å². The minimum atomic E-state index is -1.04. The van der Waals surface area contributed by atoms with Crippen molar-refractivity contribution in [2.45, 2.75) is 20.5 Å². The Morgan fingerprint density at radius 3 is 2.58 bits per heavy atom. The molecule has 10 heteroatoms. The summed E-state index contributed by atoms with van der Waals surface area (Å²) in [5, 5.41) is 9.74. The average molecular weight is 646 g/mol. The Morgan fingerprint density at radius 2 is 1.89 bits per heavy atom. The lowest BCUT2D eigenvalue weighted by molar-refractivity contribution is -0.122. The molecule has 1 heterocycles. The molecule has 7 nitrogen and oxygen atoms in total. The number of hydrogen-bond donors (Lipinski definition) is 1. The second kappa shape index (κ2) is 12.4. The molecule has 3 aromatic carbocycles. The van der Waals surface area contributed by atoms with E-state index in [0.717, 1.165) is 14.7 Å². The Balaban J connectivity index is 1.61. The Bertz CT molecular complexity index is 1430. The van der Waals surface area contributed by atoms with E-state index in [1.165, 1.54) is 36.0 Å².